The highest BCUT2D eigenvalue weighted by molar-refractivity contribution is 6.01. The molecule has 0 aromatic heterocycles. The second-order valence-electron chi connectivity index (χ2n) is 10.9. The molecule has 4 amide bonds. The molecule has 10 heteroatoms. The minimum Gasteiger partial charge on any atom is -0.391 e. The van der Waals surface area contributed by atoms with Crippen LogP contribution >= 0.6 is 0 Å². The maximum absolute atomic E-state index is 13.4. The molecule has 0 aliphatic rings. The zero-order chi connectivity index (χ0) is 29.9. The number of carbonyl (C=O) groups excluding carboxylic acids is 5. The van der Waals surface area contributed by atoms with Gasteiger partial charge in [0.15, 0.2) is 5.78 Å². The normalized spacial score (nSPS) is 16.7. The van der Waals surface area contributed by atoms with Crippen LogP contribution in [-0.4, -0.2) is 76.7 Å². The summed E-state index contributed by atoms with van der Waals surface area (Å²) < 4.78 is 0. The van der Waals surface area contributed by atoms with E-state index in [1.54, 1.807) is 20.9 Å². The number of aliphatic hydroxyl groups excluding tert-OH is 1. The van der Waals surface area contributed by atoms with Gasteiger partial charge in [-0.1, -0.05) is 61.0 Å². The summed E-state index contributed by atoms with van der Waals surface area (Å²) in [6.07, 6.45) is 0.276. The molecule has 0 aromatic rings. The highest BCUT2D eigenvalue weighted by Gasteiger charge is 2.37. The Kier molecular flexibility index (Phi) is 15.1. The quantitative estimate of drug-likeness (QED) is 0.221. The molecule has 10 nitrogen and oxygen atoms in total. The Morgan fingerprint density at radius 2 is 1.26 bits per heavy atom. The zero-order valence-electron chi connectivity index (χ0n) is 24.9. The van der Waals surface area contributed by atoms with E-state index in [0.29, 0.717) is 24.8 Å². The Labute approximate surface area is 228 Å². The molecule has 0 fully saturated rings. The van der Waals surface area contributed by atoms with Crippen LogP contribution in [0.5, 0.6) is 0 Å². The van der Waals surface area contributed by atoms with Gasteiger partial charge in [0.05, 0.1) is 12.1 Å². The molecular weight excluding hydrogens is 488 g/mol. The lowest BCUT2D eigenvalue weighted by Gasteiger charge is -2.34. The second-order valence-corrected chi connectivity index (χ2v) is 10.9. The van der Waals surface area contributed by atoms with Crippen LogP contribution in [0.15, 0.2) is 12.2 Å². The molecule has 0 unspecified atom stereocenters. The first kappa shape index (κ1) is 35.2. The van der Waals surface area contributed by atoms with Gasteiger partial charge in [0.1, 0.15) is 18.1 Å². The maximum atomic E-state index is 13.4. The van der Waals surface area contributed by atoms with Crippen LogP contribution in [0, 0.1) is 17.8 Å². The van der Waals surface area contributed by atoms with E-state index in [-0.39, 0.29) is 29.4 Å². The van der Waals surface area contributed by atoms with Crippen LogP contribution in [0.3, 0.4) is 0 Å². The van der Waals surface area contributed by atoms with Crippen LogP contribution in [0.25, 0.3) is 0 Å². The average Bonchev–Trinajstić information content (AvgIpc) is 2.83. The van der Waals surface area contributed by atoms with Crippen LogP contribution in [0.2, 0.25) is 0 Å². The largest absolute Gasteiger partial charge is 0.391 e. The topological polar surface area (TPSA) is 145 Å². The van der Waals surface area contributed by atoms with E-state index in [1.807, 2.05) is 34.6 Å². The fourth-order valence-corrected chi connectivity index (χ4v) is 4.09. The number of hydrogen-bond acceptors (Lipinski definition) is 6. The highest BCUT2D eigenvalue weighted by atomic mass is 16.3. The predicted molar refractivity (Wildman–Crippen MR) is 148 cm³/mol. The van der Waals surface area contributed by atoms with Crippen molar-refractivity contribution < 1.29 is 29.1 Å². The Morgan fingerprint density at radius 3 is 1.66 bits per heavy atom. The summed E-state index contributed by atoms with van der Waals surface area (Å²) in [5.74, 6) is -2.80. The number of likely N-dealkylation sites (N-methyl/N-ethyl adjacent to an activating group) is 1. The van der Waals surface area contributed by atoms with Crippen molar-refractivity contribution in [3.8, 4) is 0 Å². The Bertz CT molecular complexity index is 856. The van der Waals surface area contributed by atoms with Gasteiger partial charge in [-0.25, -0.2) is 0 Å². The summed E-state index contributed by atoms with van der Waals surface area (Å²) in [4.78, 5) is 65.8. The molecule has 7 atom stereocenters. The number of Topliss-reactive ketones (excluding diaryl/α,β-unsaturated/α-hetero) is 1. The molecule has 0 bridgehead atoms. The number of amides is 4. The Hall–Kier alpha value is -2.75. The van der Waals surface area contributed by atoms with E-state index in [4.69, 9.17) is 0 Å². The first-order valence-electron chi connectivity index (χ1n) is 13.5. The van der Waals surface area contributed by atoms with Gasteiger partial charge >= 0.3 is 0 Å². The number of rotatable bonds is 16. The first-order valence-corrected chi connectivity index (χ1v) is 13.5. The standard InChI is InChI=1S/C28H50N4O6/c1-12-17(7)22(30-28(38)24(18(8)13-2)32(11)20(10)34)26(36)31-23(19(9)33)27(37)29-21(14-15(3)4)25(35)16(5)6/h15,17-19,21-24,33H,5,12-14H2,1-4,6-11H3,(H,29,37)(H,30,38)(H,31,36)/t17-,18-,19-,21-,22-,23-,24-/m0/s1. The van der Waals surface area contributed by atoms with Gasteiger partial charge in [-0.3, -0.25) is 24.0 Å². The molecule has 0 radical (unpaired) electrons. The number of hydrogen-bond donors (Lipinski definition) is 4. The van der Waals surface area contributed by atoms with E-state index in [1.165, 1.54) is 18.7 Å². The van der Waals surface area contributed by atoms with E-state index >= 15 is 0 Å². The van der Waals surface area contributed by atoms with E-state index in [2.05, 4.69) is 22.5 Å². The summed E-state index contributed by atoms with van der Waals surface area (Å²) >= 11 is 0. The number of ketones is 1. The molecule has 0 aromatic carbocycles. The van der Waals surface area contributed by atoms with Crippen LogP contribution < -0.4 is 16.0 Å². The fourth-order valence-electron chi connectivity index (χ4n) is 4.09. The fraction of sp³-hybridized carbons (Fsp3) is 0.750. The van der Waals surface area contributed by atoms with Gasteiger partial charge in [-0.15, -0.1) is 0 Å². The van der Waals surface area contributed by atoms with Crippen molar-refractivity contribution in [3.05, 3.63) is 12.2 Å². The molecule has 0 saturated carbocycles. The number of nitrogens with zero attached hydrogens (tertiary/aromatic N) is 1. The van der Waals surface area contributed by atoms with Crippen molar-refractivity contribution in [3.63, 3.8) is 0 Å². The lowest BCUT2D eigenvalue weighted by Crippen LogP contribution is -2.61. The van der Waals surface area contributed by atoms with Crippen LogP contribution in [0.4, 0.5) is 0 Å². The van der Waals surface area contributed by atoms with E-state index < -0.39 is 48.0 Å². The van der Waals surface area contributed by atoms with Crippen molar-refractivity contribution in [2.24, 2.45) is 17.8 Å². The van der Waals surface area contributed by atoms with E-state index in [9.17, 15) is 29.1 Å². The minimum absolute atomic E-state index is 0.0970. The summed E-state index contributed by atoms with van der Waals surface area (Å²) in [7, 11) is 1.55. The van der Waals surface area contributed by atoms with Gasteiger partial charge in [-0.05, 0) is 43.6 Å². The highest BCUT2D eigenvalue weighted by Crippen LogP contribution is 2.17. The summed E-state index contributed by atoms with van der Waals surface area (Å²) in [6.45, 7) is 19.2. The van der Waals surface area contributed by atoms with Crippen molar-refractivity contribution in [2.75, 3.05) is 7.05 Å². The molecule has 0 spiro atoms. The lowest BCUT2D eigenvalue weighted by molar-refractivity contribution is -0.141. The molecular formula is C28H50N4O6. The van der Waals surface area contributed by atoms with Gasteiger partial charge < -0.3 is 26.0 Å². The SMILES string of the molecule is C=C(C)C(=O)[C@H](CC(C)C)NC(=O)[C@@H](NC(=O)[C@@H](NC(=O)[C@H]([C@@H](C)CC)N(C)C(C)=O)[C@@H](C)CC)[C@H](C)O. The molecule has 4 N–H and O–H groups in total. The van der Waals surface area contributed by atoms with Crippen molar-refractivity contribution in [1.82, 2.24) is 20.9 Å². The molecule has 0 heterocycles. The molecule has 0 saturated heterocycles. The molecule has 38 heavy (non-hydrogen) atoms. The van der Waals surface area contributed by atoms with Crippen molar-refractivity contribution in [2.45, 2.75) is 112 Å². The predicted octanol–water partition coefficient (Wildman–Crippen LogP) is 1.95. The third kappa shape index (κ3) is 10.6. The Balaban J connectivity index is 5.96. The number of aliphatic hydroxyl groups is 1. The zero-order valence-corrected chi connectivity index (χ0v) is 24.9. The second kappa shape index (κ2) is 16.3. The third-order valence-corrected chi connectivity index (χ3v) is 6.98. The third-order valence-electron chi connectivity index (χ3n) is 6.98. The number of carbonyl (C=O) groups is 5. The minimum atomic E-state index is -1.36. The summed E-state index contributed by atoms with van der Waals surface area (Å²) in [5, 5.41) is 18.3. The van der Waals surface area contributed by atoms with E-state index in [0.717, 1.165) is 0 Å². The molecule has 0 rings (SSSR count). The van der Waals surface area contributed by atoms with Gasteiger partial charge in [-0.2, -0.15) is 0 Å². The average molecular weight is 539 g/mol. The Morgan fingerprint density at radius 1 is 0.789 bits per heavy atom. The van der Waals surface area contributed by atoms with Crippen LogP contribution in [-0.2, 0) is 24.0 Å². The van der Waals surface area contributed by atoms with Crippen molar-refractivity contribution >= 4 is 29.4 Å². The first-order chi connectivity index (χ1) is 17.5. The number of nitrogens with one attached hydrogen (secondary N) is 3. The molecule has 0 aliphatic carbocycles. The molecule has 218 valence electrons. The monoisotopic (exact) mass is 538 g/mol. The smallest absolute Gasteiger partial charge is 0.245 e. The van der Waals surface area contributed by atoms with Gasteiger partial charge in [0.2, 0.25) is 23.6 Å². The van der Waals surface area contributed by atoms with Gasteiger partial charge in [0, 0.05) is 14.0 Å². The maximum Gasteiger partial charge on any atom is 0.245 e. The molecule has 0 aliphatic heterocycles. The summed E-state index contributed by atoms with van der Waals surface area (Å²) in [5.41, 5.74) is 0.291. The van der Waals surface area contributed by atoms with Gasteiger partial charge in [0.25, 0.3) is 0 Å². The summed E-state index contributed by atoms with van der Waals surface area (Å²) in [6, 6.07) is -4.00. The van der Waals surface area contributed by atoms with Crippen molar-refractivity contribution in [1.29, 1.82) is 0 Å². The lowest BCUT2D eigenvalue weighted by atomic mass is 9.93. The van der Waals surface area contributed by atoms with Crippen LogP contribution in [0.1, 0.15) is 81.6 Å².